The van der Waals surface area contributed by atoms with Gasteiger partial charge >= 0.3 is 5.97 Å². The molecule has 1 aliphatic carbocycles. The van der Waals surface area contributed by atoms with Crippen molar-refractivity contribution in [2.75, 3.05) is 20.2 Å². The van der Waals surface area contributed by atoms with Crippen LogP contribution in [-0.2, 0) is 9.53 Å². The van der Waals surface area contributed by atoms with E-state index in [0.29, 0.717) is 6.54 Å². The monoisotopic (exact) mass is 247 g/mol. The zero-order chi connectivity index (χ0) is 12.8. The minimum Gasteiger partial charge on any atom is -0.469 e. The van der Waals surface area contributed by atoms with Gasteiger partial charge in [-0.3, -0.25) is 4.79 Å². The van der Waals surface area contributed by atoms with Crippen molar-refractivity contribution in [3.8, 4) is 0 Å². The summed E-state index contributed by atoms with van der Waals surface area (Å²) in [5, 5.41) is 3.37. The van der Waals surface area contributed by atoms with Crippen LogP contribution in [0.3, 0.4) is 0 Å². The zero-order valence-corrected chi connectivity index (χ0v) is 10.9. The van der Waals surface area contributed by atoms with Crippen LogP contribution >= 0.6 is 0 Å². The predicted molar refractivity (Wildman–Crippen MR) is 71.4 cm³/mol. The summed E-state index contributed by atoms with van der Waals surface area (Å²) in [5.74, 6) is 0.557. The molecule has 0 saturated heterocycles. The van der Waals surface area contributed by atoms with Crippen LogP contribution in [0.4, 0.5) is 0 Å². The molecule has 98 valence electrons. The Morgan fingerprint density at radius 2 is 2.11 bits per heavy atom. The average molecular weight is 247 g/mol. The third-order valence-corrected chi connectivity index (χ3v) is 3.46. The van der Waals surface area contributed by atoms with Crippen molar-refractivity contribution in [2.45, 2.75) is 25.2 Å². The van der Waals surface area contributed by atoms with Crippen molar-refractivity contribution in [1.29, 1.82) is 0 Å². The third kappa shape index (κ3) is 3.84. The van der Waals surface area contributed by atoms with Crippen LogP contribution in [0.5, 0.6) is 0 Å². The molecular formula is C15H21NO2. The minimum absolute atomic E-state index is 0.167. The Morgan fingerprint density at radius 1 is 1.39 bits per heavy atom. The van der Waals surface area contributed by atoms with Crippen LogP contribution in [0.1, 0.15) is 30.7 Å². The molecule has 0 spiro atoms. The molecule has 2 rings (SSSR count). The van der Waals surface area contributed by atoms with E-state index in [1.807, 2.05) is 30.3 Å². The minimum atomic E-state index is -0.199. The molecule has 1 aromatic rings. The second kappa shape index (κ2) is 6.55. The lowest BCUT2D eigenvalue weighted by Crippen LogP contribution is -2.28. The molecule has 3 nitrogen and oxygen atoms in total. The third-order valence-electron chi connectivity index (χ3n) is 3.46. The Labute approximate surface area is 109 Å². The van der Waals surface area contributed by atoms with Crippen LogP contribution in [0.25, 0.3) is 0 Å². The first-order valence-corrected chi connectivity index (χ1v) is 6.64. The van der Waals surface area contributed by atoms with Crippen LogP contribution in [0.15, 0.2) is 30.3 Å². The first-order valence-electron chi connectivity index (χ1n) is 6.64. The number of carbonyl (C=O) groups excluding carboxylic acids is 1. The Kier molecular flexibility index (Phi) is 4.76. The molecule has 0 bridgehead atoms. The van der Waals surface area contributed by atoms with Gasteiger partial charge in [-0.05, 0) is 24.4 Å². The van der Waals surface area contributed by atoms with E-state index in [1.165, 1.54) is 26.4 Å². The summed E-state index contributed by atoms with van der Waals surface area (Å²) in [7, 11) is 1.45. The van der Waals surface area contributed by atoms with E-state index in [0.717, 1.165) is 18.0 Å². The van der Waals surface area contributed by atoms with Crippen molar-refractivity contribution in [1.82, 2.24) is 5.32 Å². The molecule has 1 aromatic carbocycles. The van der Waals surface area contributed by atoms with Gasteiger partial charge in [0, 0.05) is 6.54 Å². The first kappa shape index (κ1) is 13.1. The molecule has 3 heteroatoms. The van der Waals surface area contributed by atoms with Gasteiger partial charge in [0.2, 0.25) is 0 Å². The molecule has 1 atom stereocenters. The highest BCUT2D eigenvalue weighted by Crippen LogP contribution is 2.31. The van der Waals surface area contributed by atoms with E-state index < -0.39 is 0 Å². The molecular weight excluding hydrogens is 226 g/mol. The van der Waals surface area contributed by atoms with Gasteiger partial charge in [-0.15, -0.1) is 0 Å². The standard InChI is InChI=1S/C15H21NO2/c1-18-15(17)14(13-5-3-2-4-6-13)11-16-10-9-12-7-8-12/h2-6,12,14,16H,7-11H2,1H3. The van der Waals surface area contributed by atoms with Crippen molar-refractivity contribution < 1.29 is 9.53 Å². The molecule has 0 radical (unpaired) electrons. The van der Waals surface area contributed by atoms with E-state index in [1.54, 1.807) is 0 Å². The molecule has 0 heterocycles. The average Bonchev–Trinajstić information content (AvgIpc) is 3.23. The van der Waals surface area contributed by atoms with Gasteiger partial charge in [-0.1, -0.05) is 43.2 Å². The molecule has 1 N–H and O–H groups in total. The fourth-order valence-electron chi connectivity index (χ4n) is 2.12. The summed E-state index contributed by atoms with van der Waals surface area (Å²) in [6, 6.07) is 9.82. The number of nitrogens with one attached hydrogen (secondary N) is 1. The number of hydrogen-bond acceptors (Lipinski definition) is 3. The summed E-state index contributed by atoms with van der Waals surface area (Å²) in [6.45, 7) is 1.65. The van der Waals surface area contributed by atoms with Crippen molar-refractivity contribution in [3.05, 3.63) is 35.9 Å². The second-order valence-corrected chi connectivity index (χ2v) is 4.92. The van der Waals surface area contributed by atoms with Gasteiger partial charge in [0.15, 0.2) is 0 Å². The van der Waals surface area contributed by atoms with Gasteiger partial charge in [-0.2, -0.15) is 0 Å². The fourth-order valence-corrected chi connectivity index (χ4v) is 2.12. The highest BCUT2D eigenvalue weighted by atomic mass is 16.5. The lowest BCUT2D eigenvalue weighted by molar-refractivity contribution is -0.142. The Morgan fingerprint density at radius 3 is 2.72 bits per heavy atom. The van der Waals surface area contributed by atoms with E-state index in [-0.39, 0.29) is 11.9 Å². The largest absolute Gasteiger partial charge is 0.469 e. The number of benzene rings is 1. The lowest BCUT2D eigenvalue weighted by atomic mass is 9.99. The van der Waals surface area contributed by atoms with Crippen LogP contribution in [0, 0.1) is 5.92 Å². The van der Waals surface area contributed by atoms with Gasteiger partial charge in [0.1, 0.15) is 0 Å². The smallest absolute Gasteiger partial charge is 0.314 e. The predicted octanol–water partition coefficient (Wildman–Crippen LogP) is 2.33. The fraction of sp³-hybridized carbons (Fsp3) is 0.533. The summed E-state index contributed by atoms with van der Waals surface area (Å²) in [5.41, 5.74) is 1.02. The quantitative estimate of drug-likeness (QED) is 0.593. The maximum Gasteiger partial charge on any atom is 0.314 e. The maximum absolute atomic E-state index is 11.8. The van der Waals surface area contributed by atoms with Gasteiger partial charge < -0.3 is 10.1 Å². The van der Waals surface area contributed by atoms with Crippen LogP contribution in [0.2, 0.25) is 0 Å². The zero-order valence-electron chi connectivity index (χ0n) is 10.9. The molecule has 1 saturated carbocycles. The van der Waals surface area contributed by atoms with E-state index >= 15 is 0 Å². The highest BCUT2D eigenvalue weighted by molar-refractivity contribution is 5.78. The molecule has 0 aliphatic heterocycles. The normalized spacial score (nSPS) is 16.3. The molecule has 1 unspecified atom stereocenters. The molecule has 0 amide bonds. The topological polar surface area (TPSA) is 38.3 Å². The summed E-state index contributed by atoms with van der Waals surface area (Å²) in [4.78, 5) is 11.8. The summed E-state index contributed by atoms with van der Waals surface area (Å²) in [6.07, 6.45) is 3.98. The van der Waals surface area contributed by atoms with E-state index in [9.17, 15) is 4.79 Å². The number of esters is 1. The van der Waals surface area contributed by atoms with Gasteiger partial charge in [0.05, 0.1) is 13.0 Å². The van der Waals surface area contributed by atoms with Crippen LogP contribution in [-0.4, -0.2) is 26.2 Å². The van der Waals surface area contributed by atoms with Crippen LogP contribution < -0.4 is 5.32 Å². The second-order valence-electron chi connectivity index (χ2n) is 4.92. The van der Waals surface area contributed by atoms with E-state index in [4.69, 9.17) is 4.74 Å². The summed E-state index contributed by atoms with van der Waals surface area (Å²) < 4.78 is 4.88. The number of ether oxygens (including phenoxy) is 1. The van der Waals surface area contributed by atoms with Crippen molar-refractivity contribution in [2.24, 2.45) is 5.92 Å². The van der Waals surface area contributed by atoms with Crippen molar-refractivity contribution in [3.63, 3.8) is 0 Å². The van der Waals surface area contributed by atoms with Gasteiger partial charge in [0.25, 0.3) is 0 Å². The lowest BCUT2D eigenvalue weighted by Gasteiger charge is -2.15. The number of carbonyl (C=O) groups is 1. The first-order chi connectivity index (χ1) is 8.81. The van der Waals surface area contributed by atoms with Crippen molar-refractivity contribution >= 4 is 5.97 Å². The highest BCUT2D eigenvalue weighted by Gasteiger charge is 2.22. The Balaban J connectivity index is 1.86. The summed E-state index contributed by atoms with van der Waals surface area (Å²) >= 11 is 0. The Hall–Kier alpha value is -1.35. The maximum atomic E-state index is 11.8. The number of rotatable bonds is 7. The Bertz CT molecular complexity index is 373. The molecule has 18 heavy (non-hydrogen) atoms. The molecule has 1 fully saturated rings. The molecule has 1 aliphatic rings. The van der Waals surface area contributed by atoms with Gasteiger partial charge in [-0.25, -0.2) is 0 Å². The van der Waals surface area contributed by atoms with E-state index in [2.05, 4.69) is 5.32 Å². The number of hydrogen-bond donors (Lipinski definition) is 1. The SMILES string of the molecule is COC(=O)C(CNCCC1CC1)c1ccccc1. The molecule has 0 aromatic heterocycles. The number of methoxy groups -OCH3 is 1.